The van der Waals surface area contributed by atoms with E-state index in [-0.39, 0.29) is 12.2 Å². The van der Waals surface area contributed by atoms with Gasteiger partial charge in [0.2, 0.25) is 0 Å². The van der Waals surface area contributed by atoms with Gasteiger partial charge in [0.15, 0.2) is 0 Å². The molecule has 0 aromatic rings. The zero-order valence-corrected chi connectivity index (χ0v) is 6.34. The van der Waals surface area contributed by atoms with Crippen molar-refractivity contribution in [3.05, 3.63) is 12.7 Å². The van der Waals surface area contributed by atoms with E-state index in [4.69, 9.17) is 9.84 Å². The van der Waals surface area contributed by atoms with Gasteiger partial charge in [-0.1, -0.05) is 6.08 Å². The van der Waals surface area contributed by atoms with Crippen LogP contribution in [0.1, 0.15) is 19.8 Å². The van der Waals surface area contributed by atoms with Crippen molar-refractivity contribution in [2.45, 2.75) is 31.5 Å². The fraction of sp³-hybridized carbons (Fsp3) is 0.750. The summed E-state index contributed by atoms with van der Waals surface area (Å²) in [6.07, 6.45) is 3.90. The van der Waals surface area contributed by atoms with Crippen LogP contribution in [-0.4, -0.2) is 23.4 Å². The van der Waals surface area contributed by atoms with E-state index in [1.807, 2.05) is 13.0 Å². The van der Waals surface area contributed by atoms with Crippen molar-refractivity contribution in [1.82, 2.24) is 0 Å². The van der Waals surface area contributed by atoms with Gasteiger partial charge in [-0.05, 0) is 19.8 Å². The highest BCUT2D eigenvalue weighted by atomic mass is 16.6. The van der Waals surface area contributed by atoms with Crippen LogP contribution in [0.25, 0.3) is 0 Å². The van der Waals surface area contributed by atoms with Crippen molar-refractivity contribution in [3.8, 4) is 0 Å². The summed E-state index contributed by atoms with van der Waals surface area (Å²) in [4.78, 5) is 0. The molecule has 2 atom stereocenters. The van der Waals surface area contributed by atoms with Crippen molar-refractivity contribution in [2.24, 2.45) is 0 Å². The second kappa shape index (κ2) is 2.72. The number of ether oxygens (including phenoxy) is 1. The molecule has 0 amide bonds. The molecular weight excluding hydrogens is 128 g/mol. The Hall–Kier alpha value is -0.340. The maximum absolute atomic E-state index is 8.50. The van der Waals surface area contributed by atoms with Crippen LogP contribution >= 0.6 is 0 Å². The summed E-state index contributed by atoms with van der Waals surface area (Å²) < 4.78 is 5.33. The molecule has 2 nitrogen and oxygen atoms in total. The first-order chi connectivity index (χ1) is 4.73. The smallest absolute Gasteiger partial charge is 0.110 e. The first kappa shape index (κ1) is 7.76. The summed E-state index contributed by atoms with van der Waals surface area (Å²) in [6.45, 7) is 5.94. The molecule has 1 fully saturated rings. The topological polar surface area (TPSA) is 32.8 Å². The lowest BCUT2D eigenvalue weighted by Crippen LogP contribution is -2.04. The zero-order chi connectivity index (χ0) is 7.61. The Morgan fingerprint density at radius 3 is 2.90 bits per heavy atom. The molecule has 1 rings (SSSR count). The second-order valence-electron chi connectivity index (χ2n) is 2.86. The maximum atomic E-state index is 8.50. The van der Waals surface area contributed by atoms with Crippen LogP contribution in [0.5, 0.6) is 0 Å². The predicted octanol–water partition coefficient (Wildman–Crippen LogP) is 1.10. The third-order valence-corrected chi connectivity index (χ3v) is 2.01. The Bertz CT molecular complexity index is 133. The molecule has 0 unspecified atom stereocenters. The van der Waals surface area contributed by atoms with Gasteiger partial charge in [-0.15, -0.1) is 6.58 Å². The summed E-state index contributed by atoms with van der Waals surface area (Å²) in [5, 5.41) is 8.50. The average Bonchev–Trinajstić information content (AvgIpc) is 2.59. The third-order valence-electron chi connectivity index (χ3n) is 2.01. The minimum Gasteiger partial charge on any atom is -0.396 e. The van der Waals surface area contributed by atoms with E-state index < -0.39 is 0 Å². The normalized spacial score (nSPS) is 37.6. The molecule has 1 N–H and O–H groups in total. The number of aliphatic hydroxyl groups excluding tert-OH is 1. The lowest BCUT2D eigenvalue weighted by Gasteiger charge is -1.95. The van der Waals surface area contributed by atoms with Gasteiger partial charge in [-0.25, -0.2) is 0 Å². The van der Waals surface area contributed by atoms with Gasteiger partial charge in [-0.3, -0.25) is 0 Å². The number of hydrogen-bond acceptors (Lipinski definition) is 2. The lowest BCUT2D eigenvalue weighted by molar-refractivity contribution is 0.271. The maximum Gasteiger partial charge on any atom is 0.110 e. The van der Waals surface area contributed by atoms with Gasteiger partial charge < -0.3 is 9.84 Å². The van der Waals surface area contributed by atoms with E-state index in [2.05, 4.69) is 6.58 Å². The van der Waals surface area contributed by atoms with Crippen molar-refractivity contribution >= 4 is 0 Å². The van der Waals surface area contributed by atoms with Crippen LogP contribution in [0, 0.1) is 0 Å². The summed E-state index contributed by atoms with van der Waals surface area (Å²) in [7, 11) is 0. The standard InChI is InChI=1S/C8H14O2/c1-3-8(2)7(10-8)5-4-6-9/h3,7,9H,1,4-6H2,2H3/t7-,8-/m1/s1. The first-order valence-corrected chi connectivity index (χ1v) is 3.65. The van der Waals surface area contributed by atoms with Crippen LogP contribution in [0.4, 0.5) is 0 Å². The van der Waals surface area contributed by atoms with Crippen LogP contribution in [0.3, 0.4) is 0 Å². The van der Waals surface area contributed by atoms with E-state index >= 15 is 0 Å². The minimum atomic E-state index is -0.0881. The summed E-state index contributed by atoms with van der Waals surface area (Å²) in [6, 6.07) is 0. The molecule has 0 aromatic heterocycles. The van der Waals surface area contributed by atoms with E-state index in [0.717, 1.165) is 12.8 Å². The van der Waals surface area contributed by atoms with Crippen LogP contribution in [0.15, 0.2) is 12.7 Å². The molecule has 58 valence electrons. The van der Waals surface area contributed by atoms with Crippen LogP contribution in [-0.2, 0) is 4.74 Å². The van der Waals surface area contributed by atoms with Gasteiger partial charge in [-0.2, -0.15) is 0 Å². The number of epoxide rings is 1. The largest absolute Gasteiger partial charge is 0.396 e. The molecule has 2 heteroatoms. The average molecular weight is 142 g/mol. The van der Waals surface area contributed by atoms with E-state index in [1.54, 1.807) is 0 Å². The quantitative estimate of drug-likeness (QED) is 0.471. The van der Waals surface area contributed by atoms with Gasteiger partial charge in [0.25, 0.3) is 0 Å². The van der Waals surface area contributed by atoms with Gasteiger partial charge in [0.05, 0.1) is 6.10 Å². The highest BCUT2D eigenvalue weighted by Gasteiger charge is 2.48. The molecule has 1 aliphatic heterocycles. The Kier molecular flexibility index (Phi) is 2.11. The molecule has 0 spiro atoms. The first-order valence-electron chi connectivity index (χ1n) is 3.65. The highest BCUT2D eigenvalue weighted by molar-refractivity contribution is 5.10. The monoisotopic (exact) mass is 142 g/mol. The molecule has 1 saturated heterocycles. The van der Waals surface area contributed by atoms with Gasteiger partial charge in [0.1, 0.15) is 5.60 Å². The molecule has 0 saturated carbocycles. The van der Waals surface area contributed by atoms with Gasteiger partial charge in [0, 0.05) is 6.61 Å². The molecule has 0 aromatic carbocycles. The molecular formula is C8H14O2. The van der Waals surface area contributed by atoms with Crippen molar-refractivity contribution in [2.75, 3.05) is 6.61 Å². The molecule has 1 aliphatic rings. The molecule has 10 heavy (non-hydrogen) atoms. The Balaban J connectivity index is 2.18. The Labute approximate surface area is 61.5 Å². The summed E-state index contributed by atoms with van der Waals surface area (Å²) in [5.74, 6) is 0. The third kappa shape index (κ3) is 1.39. The van der Waals surface area contributed by atoms with Gasteiger partial charge >= 0.3 is 0 Å². The van der Waals surface area contributed by atoms with Crippen molar-refractivity contribution in [1.29, 1.82) is 0 Å². The van der Waals surface area contributed by atoms with Crippen LogP contribution in [0.2, 0.25) is 0 Å². The fourth-order valence-electron chi connectivity index (χ4n) is 1.07. The Morgan fingerprint density at radius 2 is 2.50 bits per heavy atom. The van der Waals surface area contributed by atoms with E-state index in [9.17, 15) is 0 Å². The molecule has 0 radical (unpaired) electrons. The number of rotatable bonds is 4. The Morgan fingerprint density at radius 1 is 1.80 bits per heavy atom. The summed E-state index contributed by atoms with van der Waals surface area (Å²) >= 11 is 0. The number of aliphatic hydroxyl groups is 1. The highest BCUT2D eigenvalue weighted by Crippen LogP contribution is 2.39. The zero-order valence-electron chi connectivity index (χ0n) is 6.34. The van der Waals surface area contributed by atoms with Crippen LogP contribution < -0.4 is 0 Å². The van der Waals surface area contributed by atoms with E-state index in [0.29, 0.717) is 6.10 Å². The molecule has 0 aliphatic carbocycles. The van der Waals surface area contributed by atoms with Crippen molar-refractivity contribution < 1.29 is 9.84 Å². The molecule has 0 bridgehead atoms. The molecule has 1 heterocycles. The van der Waals surface area contributed by atoms with E-state index in [1.165, 1.54) is 0 Å². The van der Waals surface area contributed by atoms with Crippen molar-refractivity contribution in [3.63, 3.8) is 0 Å². The number of hydrogen-bond donors (Lipinski definition) is 1. The predicted molar refractivity (Wildman–Crippen MR) is 39.8 cm³/mol. The minimum absolute atomic E-state index is 0.0881. The lowest BCUT2D eigenvalue weighted by atomic mass is 10.1. The summed E-state index contributed by atoms with van der Waals surface area (Å²) in [5.41, 5.74) is -0.0881. The second-order valence-corrected chi connectivity index (χ2v) is 2.86. The fourth-order valence-corrected chi connectivity index (χ4v) is 1.07. The SMILES string of the molecule is C=C[C@@]1(C)O[C@@H]1CCCO.